The number of para-hydroxylation sites is 1. The van der Waals surface area contributed by atoms with Crippen molar-refractivity contribution in [2.24, 2.45) is 0 Å². The van der Waals surface area contributed by atoms with E-state index in [2.05, 4.69) is 50.7 Å². The monoisotopic (exact) mass is 366 g/mol. The number of nitrogens with zero attached hydrogens (tertiary/aromatic N) is 1. The van der Waals surface area contributed by atoms with Gasteiger partial charge in [-0.15, -0.1) is 11.3 Å². The summed E-state index contributed by atoms with van der Waals surface area (Å²) in [5.41, 5.74) is 3.20. The molecule has 0 spiro atoms. The smallest absolute Gasteiger partial charge is 0.0934 e. The van der Waals surface area contributed by atoms with E-state index >= 15 is 0 Å². The van der Waals surface area contributed by atoms with Crippen LogP contribution in [-0.2, 0) is 0 Å². The van der Waals surface area contributed by atoms with Crippen molar-refractivity contribution in [3.8, 4) is 0 Å². The van der Waals surface area contributed by atoms with Gasteiger partial charge in [-0.2, -0.15) is 0 Å². The summed E-state index contributed by atoms with van der Waals surface area (Å²) in [4.78, 5) is 4.50. The van der Waals surface area contributed by atoms with Crippen LogP contribution in [0.2, 0.25) is 4.34 Å². The maximum atomic E-state index is 5.99. The first kappa shape index (κ1) is 13.9. The van der Waals surface area contributed by atoms with Crippen molar-refractivity contribution >= 4 is 55.5 Å². The van der Waals surface area contributed by atoms with E-state index < -0.39 is 0 Å². The van der Waals surface area contributed by atoms with E-state index in [0.29, 0.717) is 0 Å². The largest absolute Gasteiger partial charge is 0.377 e. The van der Waals surface area contributed by atoms with Crippen LogP contribution in [0.25, 0.3) is 10.9 Å². The van der Waals surface area contributed by atoms with Crippen molar-refractivity contribution in [1.29, 1.82) is 0 Å². The van der Waals surface area contributed by atoms with E-state index in [1.165, 1.54) is 5.56 Å². The Bertz CT molecular complexity index is 756. The van der Waals surface area contributed by atoms with Gasteiger partial charge in [0.25, 0.3) is 0 Å². The first-order valence-electron chi connectivity index (χ1n) is 6.18. The van der Waals surface area contributed by atoms with Gasteiger partial charge in [0.1, 0.15) is 0 Å². The molecular weight excluding hydrogens is 356 g/mol. The molecule has 102 valence electrons. The molecule has 1 unspecified atom stereocenters. The lowest BCUT2D eigenvalue weighted by molar-refractivity contribution is 0.892. The summed E-state index contributed by atoms with van der Waals surface area (Å²) >= 11 is 11.0. The molecule has 1 atom stereocenters. The van der Waals surface area contributed by atoms with Crippen LogP contribution in [0, 0.1) is 0 Å². The van der Waals surface area contributed by atoms with Gasteiger partial charge < -0.3 is 5.32 Å². The molecule has 0 amide bonds. The minimum atomic E-state index is 0.190. The summed E-state index contributed by atoms with van der Waals surface area (Å²) in [6.45, 7) is 2.12. The summed E-state index contributed by atoms with van der Waals surface area (Å²) in [6, 6.07) is 10.4. The maximum absolute atomic E-state index is 5.99. The topological polar surface area (TPSA) is 24.9 Å². The molecular formula is C15H12BrClN2S. The Labute approximate surface area is 134 Å². The lowest BCUT2D eigenvalue weighted by Gasteiger charge is -2.15. The predicted octanol–water partition coefficient (Wildman–Crippen LogP) is 5.89. The van der Waals surface area contributed by atoms with Gasteiger partial charge in [-0.3, -0.25) is 4.98 Å². The standard InChI is InChI=1S/C15H12BrClN2S/c1-9(11-6-14(17)20-8-11)19-13-4-2-3-10-5-12(16)7-18-15(10)13/h2-9,19H,1H3. The molecule has 0 saturated carbocycles. The Morgan fingerprint density at radius 3 is 2.95 bits per heavy atom. The SMILES string of the molecule is CC(Nc1cccc2cc(Br)cnc12)c1csc(Cl)c1. The van der Waals surface area contributed by atoms with E-state index in [4.69, 9.17) is 11.6 Å². The minimum absolute atomic E-state index is 0.190. The number of fused-ring (bicyclic) bond motifs is 1. The number of nitrogens with one attached hydrogen (secondary N) is 1. The highest BCUT2D eigenvalue weighted by Crippen LogP contribution is 2.30. The first-order chi connectivity index (χ1) is 9.63. The van der Waals surface area contributed by atoms with Crippen molar-refractivity contribution in [2.45, 2.75) is 13.0 Å². The Morgan fingerprint density at radius 1 is 1.35 bits per heavy atom. The van der Waals surface area contributed by atoms with Gasteiger partial charge in [-0.05, 0) is 52.0 Å². The van der Waals surface area contributed by atoms with Gasteiger partial charge in [0, 0.05) is 22.1 Å². The average Bonchev–Trinajstić information content (AvgIpc) is 2.85. The number of anilines is 1. The van der Waals surface area contributed by atoms with Crippen molar-refractivity contribution in [3.05, 3.63) is 56.3 Å². The number of aromatic nitrogens is 1. The summed E-state index contributed by atoms with van der Waals surface area (Å²) < 4.78 is 1.80. The summed E-state index contributed by atoms with van der Waals surface area (Å²) in [5, 5.41) is 6.69. The van der Waals surface area contributed by atoms with Crippen molar-refractivity contribution in [1.82, 2.24) is 4.98 Å². The third-order valence-corrected chi connectivity index (χ3v) is 4.68. The van der Waals surface area contributed by atoms with Crippen LogP contribution >= 0.6 is 38.9 Å². The molecule has 0 radical (unpaired) electrons. The lowest BCUT2D eigenvalue weighted by Crippen LogP contribution is -2.06. The predicted molar refractivity (Wildman–Crippen MR) is 90.8 cm³/mol. The Kier molecular flexibility index (Phi) is 3.96. The second-order valence-electron chi connectivity index (χ2n) is 4.58. The number of hydrogen-bond acceptors (Lipinski definition) is 3. The van der Waals surface area contributed by atoms with Crippen LogP contribution in [0.15, 0.2) is 46.4 Å². The van der Waals surface area contributed by atoms with Crippen LogP contribution < -0.4 is 5.32 Å². The fourth-order valence-corrected chi connectivity index (χ4v) is 3.45. The summed E-state index contributed by atoms with van der Waals surface area (Å²) in [5.74, 6) is 0. The molecule has 2 heterocycles. The third kappa shape index (κ3) is 2.82. The van der Waals surface area contributed by atoms with E-state index in [0.717, 1.165) is 25.4 Å². The zero-order chi connectivity index (χ0) is 14.1. The molecule has 1 aromatic carbocycles. The third-order valence-electron chi connectivity index (χ3n) is 3.14. The molecule has 3 rings (SSSR count). The molecule has 0 aliphatic carbocycles. The molecule has 0 aliphatic rings. The Hall–Kier alpha value is -1.10. The van der Waals surface area contributed by atoms with E-state index in [9.17, 15) is 0 Å². The van der Waals surface area contributed by atoms with Gasteiger partial charge in [0.05, 0.1) is 15.5 Å². The zero-order valence-electron chi connectivity index (χ0n) is 10.7. The van der Waals surface area contributed by atoms with E-state index in [-0.39, 0.29) is 6.04 Å². The average molecular weight is 368 g/mol. The maximum Gasteiger partial charge on any atom is 0.0934 e. The number of pyridine rings is 1. The van der Waals surface area contributed by atoms with E-state index in [1.54, 1.807) is 11.3 Å². The fourth-order valence-electron chi connectivity index (χ4n) is 2.12. The first-order valence-corrected chi connectivity index (χ1v) is 8.23. The van der Waals surface area contributed by atoms with Gasteiger partial charge in [0.2, 0.25) is 0 Å². The van der Waals surface area contributed by atoms with Crippen molar-refractivity contribution in [2.75, 3.05) is 5.32 Å². The molecule has 0 bridgehead atoms. The van der Waals surface area contributed by atoms with Crippen molar-refractivity contribution in [3.63, 3.8) is 0 Å². The second kappa shape index (κ2) is 5.72. The number of rotatable bonds is 3. The molecule has 3 aromatic rings. The molecule has 5 heteroatoms. The van der Waals surface area contributed by atoms with Crippen LogP contribution in [-0.4, -0.2) is 4.98 Å². The summed E-state index contributed by atoms with van der Waals surface area (Å²) in [7, 11) is 0. The molecule has 0 fully saturated rings. The highest BCUT2D eigenvalue weighted by atomic mass is 79.9. The second-order valence-corrected chi connectivity index (χ2v) is 7.04. The minimum Gasteiger partial charge on any atom is -0.377 e. The molecule has 2 nitrogen and oxygen atoms in total. The van der Waals surface area contributed by atoms with Gasteiger partial charge in [-0.1, -0.05) is 23.7 Å². The zero-order valence-corrected chi connectivity index (χ0v) is 13.9. The molecule has 20 heavy (non-hydrogen) atoms. The summed E-state index contributed by atoms with van der Waals surface area (Å²) in [6.07, 6.45) is 1.82. The van der Waals surface area contributed by atoms with Crippen LogP contribution in [0.3, 0.4) is 0 Å². The van der Waals surface area contributed by atoms with E-state index in [1.807, 2.05) is 24.4 Å². The molecule has 1 N–H and O–H groups in total. The van der Waals surface area contributed by atoms with Gasteiger partial charge in [0.15, 0.2) is 0 Å². The normalized spacial score (nSPS) is 12.6. The van der Waals surface area contributed by atoms with Crippen LogP contribution in [0.4, 0.5) is 5.69 Å². The highest BCUT2D eigenvalue weighted by molar-refractivity contribution is 9.10. The molecule has 0 aliphatic heterocycles. The Balaban J connectivity index is 1.94. The lowest BCUT2D eigenvalue weighted by atomic mass is 10.1. The van der Waals surface area contributed by atoms with Gasteiger partial charge in [-0.25, -0.2) is 0 Å². The number of thiophene rings is 1. The number of benzene rings is 1. The number of halogens is 2. The van der Waals surface area contributed by atoms with Crippen LogP contribution in [0.1, 0.15) is 18.5 Å². The quantitative estimate of drug-likeness (QED) is 0.624. The number of hydrogen-bond donors (Lipinski definition) is 1. The van der Waals surface area contributed by atoms with Gasteiger partial charge >= 0.3 is 0 Å². The molecule has 0 saturated heterocycles. The van der Waals surface area contributed by atoms with Crippen LogP contribution in [0.5, 0.6) is 0 Å². The highest BCUT2D eigenvalue weighted by Gasteiger charge is 2.10. The fraction of sp³-hybridized carbons (Fsp3) is 0.133. The van der Waals surface area contributed by atoms with Crippen molar-refractivity contribution < 1.29 is 0 Å². The molecule has 2 aromatic heterocycles. The Morgan fingerprint density at radius 2 is 2.20 bits per heavy atom.